The molecule has 22 heavy (non-hydrogen) atoms. The molecule has 120 valence electrons. The lowest BCUT2D eigenvalue weighted by atomic mass is 9.98. The fraction of sp³-hybridized carbons (Fsp3) is 0.385. The van der Waals surface area contributed by atoms with Crippen LogP contribution < -0.4 is 16.4 Å². The Hall–Kier alpha value is -2.71. The maximum atomic E-state index is 13.2. The number of urea groups is 1. The first-order valence-electron chi connectivity index (χ1n) is 6.57. The zero-order chi connectivity index (χ0) is 16.9. The van der Waals surface area contributed by atoms with Gasteiger partial charge >= 0.3 is 11.7 Å². The smallest absolute Gasteiger partial charge is 0.312 e. The molecule has 3 amide bonds. The molecule has 0 saturated heterocycles. The number of nitro benzene ring substituents is 1. The van der Waals surface area contributed by atoms with Crippen molar-refractivity contribution in [2.24, 2.45) is 11.7 Å². The number of amides is 3. The van der Waals surface area contributed by atoms with E-state index in [1.165, 1.54) is 6.07 Å². The Balaban J connectivity index is 2.96. The molecular formula is C13H17FN4O4. The number of nitrogens with one attached hydrogen (secondary N) is 2. The van der Waals surface area contributed by atoms with Gasteiger partial charge in [-0.25, -0.2) is 4.79 Å². The summed E-state index contributed by atoms with van der Waals surface area (Å²) in [6, 6.07) is 1.23. The van der Waals surface area contributed by atoms with Crippen molar-refractivity contribution in [3.63, 3.8) is 0 Å². The minimum Gasteiger partial charge on any atom is -0.352 e. The maximum absolute atomic E-state index is 13.2. The molecule has 0 radical (unpaired) electrons. The topological polar surface area (TPSA) is 127 Å². The van der Waals surface area contributed by atoms with E-state index in [0.29, 0.717) is 6.42 Å². The van der Waals surface area contributed by atoms with Crippen molar-refractivity contribution in [2.75, 3.05) is 5.32 Å². The summed E-state index contributed by atoms with van der Waals surface area (Å²) in [5.41, 5.74) is 4.34. The SMILES string of the molecule is CCC(C)C(NC(N)=O)C(=O)Nc1ccc(F)c([N+](=O)[O-])c1. The third-order valence-corrected chi connectivity index (χ3v) is 3.20. The third-order valence-electron chi connectivity index (χ3n) is 3.20. The number of carbonyl (C=O) groups excluding carboxylic acids is 2. The standard InChI is InChI=1S/C13H17FN4O4/c1-3-7(2)11(17-13(15)20)12(19)16-8-4-5-9(14)10(6-8)18(21)22/h4-7,11H,3H2,1-2H3,(H,16,19)(H3,15,17,20). The number of hydrogen-bond donors (Lipinski definition) is 3. The highest BCUT2D eigenvalue weighted by molar-refractivity contribution is 5.97. The summed E-state index contributed by atoms with van der Waals surface area (Å²) in [6.45, 7) is 3.57. The highest BCUT2D eigenvalue weighted by Gasteiger charge is 2.26. The summed E-state index contributed by atoms with van der Waals surface area (Å²) in [5.74, 6) is -1.80. The molecule has 9 heteroatoms. The monoisotopic (exact) mass is 312 g/mol. The van der Waals surface area contributed by atoms with Crippen LogP contribution >= 0.6 is 0 Å². The van der Waals surface area contributed by atoms with Crippen LogP contribution in [0.25, 0.3) is 0 Å². The van der Waals surface area contributed by atoms with E-state index >= 15 is 0 Å². The van der Waals surface area contributed by atoms with Gasteiger partial charge in [-0.3, -0.25) is 14.9 Å². The first kappa shape index (κ1) is 17.3. The number of rotatable bonds is 6. The van der Waals surface area contributed by atoms with Crippen molar-refractivity contribution in [1.29, 1.82) is 0 Å². The van der Waals surface area contributed by atoms with E-state index in [2.05, 4.69) is 10.6 Å². The van der Waals surface area contributed by atoms with Crippen molar-refractivity contribution >= 4 is 23.3 Å². The van der Waals surface area contributed by atoms with Crippen LogP contribution in [0.3, 0.4) is 0 Å². The maximum Gasteiger partial charge on any atom is 0.312 e. The molecule has 0 saturated carbocycles. The van der Waals surface area contributed by atoms with Gasteiger partial charge in [-0.2, -0.15) is 4.39 Å². The first-order chi connectivity index (χ1) is 10.3. The van der Waals surface area contributed by atoms with Gasteiger partial charge < -0.3 is 16.4 Å². The molecule has 0 aromatic heterocycles. The van der Waals surface area contributed by atoms with Crippen LogP contribution in [0.15, 0.2) is 18.2 Å². The Morgan fingerprint density at radius 1 is 1.45 bits per heavy atom. The van der Waals surface area contributed by atoms with Crippen LogP contribution in [0.2, 0.25) is 0 Å². The normalized spacial score (nSPS) is 13.0. The van der Waals surface area contributed by atoms with Crippen LogP contribution in [0.4, 0.5) is 20.6 Å². The highest BCUT2D eigenvalue weighted by Crippen LogP contribution is 2.22. The third kappa shape index (κ3) is 4.40. The number of anilines is 1. The molecule has 2 atom stereocenters. The predicted molar refractivity (Wildman–Crippen MR) is 77.6 cm³/mol. The summed E-state index contributed by atoms with van der Waals surface area (Å²) >= 11 is 0. The quantitative estimate of drug-likeness (QED) is 0.546. The molecule has 0 bridgehead atoms. The number of carbonyl (C=O) groups is 2. The lowest BCUT2D eigenvalue weighted by molar-refractivity contribution is -0.387. The Morgan fingerprint density at radius 3 is 2.59 bits per heavy atom. The molecule has 1 rings (SSSR count). The highest BCUT2D eigenvalue weighted by atomic mass is 19.1. The van der Waals surface area contributed by atoms with Gasteiger partial charge in [-0.1, -0.05) is 20.3 Å². The summed E-state index contributed by atoms with van der Waals surface area (Å²) < 4.78 is 13.2. The van der Waals surface area contributed by atoms with Crippen LogP contribution in [0.5, 0.6) is 0 Å². The number of nitro groups is 1. The van der Waals surface area contributed by atoms with E-state index in [9.17, 15) is 24.1 Å². The van der Waals surface area contributed by atoms with Gasteiger partial charge in [0.2, 0.25) is 11.7 Å². The van der Waals surface area contributed by atoms with Gasteiger partial charge in [0.05, 0.1) is 4.92 Å². The van der Waals surface area contributed by atoms with Crippen molar-refractivity contribution in [3.05, 3.63) is 34.1 Å². The Labute approximate surface area is 126 Å². The molecule has 0 heterocycles. The average Bonchev–Trinajstić information content (AvgIpc) is 2.45. The van der Waals surface area contributed by atoms with Crippen molar-refractivity contribution in [2.45, 2.75) is 26.3 Å². The molecule has 0 aliphatic heterocycles. The van der Waals surface area contributed by atoms with Crippen LogP contribution in [-0.4, -0.2) is 22.9 Å². The van der Waals surface area contributed by atoms with Gasteiger partial charge in [-0.15, -0.1) is 0 Å². The summed E-state index contributed by atoms with van der Waals surface area (Å²) in [5, 5.41) is 15.4. The molecule has 0 aliphatic rings. The van der Waals surface area contributed by atoms with Gasteiger partial charge in [0.1, 0.15) is 6.04 Å². The minimum atomic E-state index is -1.00. The molecular weight excluding hydrogens is 295 g/mol. The number of halogens is 1. The second-order valence-electron chi connectivity index (χ2n) is 4.78. The van der Waals surface area contributed by atoms with E-state index in [1.807, 2.05) is 6.92 Å². The molecule has 0 fully saturated rings. The number of nitrogens with two attached hydrogens (primary N) is 1. The molecule has 1 aromatic rings. The number of primary amides is 1. The zero-order valence-electron chi connectivity index (χ0n) is 12.1. The Bertz CT molecular complexity index is 593. The number of hydrogen-bond acceptors (Lipinski definition) is 4. The summed E-state index contributed by atoms with van der Waals surface area (Å²) in [7, 11) is 0. The van der Waals surface area contributed by atoms with E-state index in [1.54, 1.807) is 6.92 Å². The Morgan fingerprint density at radius 2 is 2.09 bits per heavy atom. The van der Waals surface area contributed by atoms with Gasteiger partial charge in [0, 0.05) is 11.8 Å². The van der Waals surface area contributed by atoms with Gasteiger partial charge in [0.25, 0.3) is 0 Å². The van der Waals surface area contributed by atoms with Crippen molar-refractivity contribution in [3.8, 4) is 0 Å². The predicted octanol–water partition coefficient (Wildman–Crippen LogP) is 1.76. The van der Waals surface area contributed by atoms with Gasteiger partial charge in [-0.05, 0) is 18.1 Å². The van der Waals surface area contributed by atoms with E-state index in [4.69, 9.17) is 5.73 Å². The minimum absolute atomic E-state index is 0.0534. The van der Waals surface area contributed by atoms with E-state index in [0.717, 1.165) is 12.1 Å². The first-order valence-corrected chi connectivity index (χ1v) is 6.57. The van der Waals surface area contributed by atoms with Crippen LogP contribution in [0.1, 0.15) is 20.3 Å². The van der Waals surface area contributed by atoms with E-state index < -0.39 is 34.4 Å². The molecule has 2 unspecified atom stereocenters. The second kappa shape index (κ2) is 7.34. The molecule has 0 aliphatic carbocycles. The second-order valence-corrected chi connectivity index (χ2v) is 4.78. The summed E-state index contributed by atoms with van der Waals surface area (Å²) in [4.78, 5) is 32.9. The zero-order valence-corrected chi connectivity index (χ0v) is 12.1. The lowest BCUT2D eigenvalue weighted by Gasteiger charge is -2.22. The van der Waals surface area contributed by atoms with Crippen molar-refractivity contribution < 1.29 is 18.9 Å². The largest absolute Gasteiger partial charge is 0.352 e. The molecule has 8 nitrogen and oxygen atoms in total. The average molecular weight is 312 g/mol. The number of benzene rings is 1. The van der Waals surface area contributed by atoms with Crippen LogP contribution in [0, 0.1) is 21.8 Å². The fourth-order valence-electron chi connectivity index (χ4n) is 1.81. The molecule has 1 aromatic carbocycles. The van der Waals surface area contributed by atoms with Crippen LogP contribution in [-0.2, 0) is 4.79 Å². The molecule has 4 N–H and O–H groups in total. The van der Waals surface area contributed by atoms with Gasteiger partial charge in [0.15, 0.2) is 0 Å². The summed E-state index contributed by atoms with van der Waals surface area (Å²) in [6.07, 6.45) is 0.599. The molecule has 0 spiro atoms. The fourth-order valence-corrected chi connectivity index (χ4v) is 1.81. The Kier molecular flexibility index (Phi) is 5.79. The van der Waals surface area contributed by atoms with Crippen molar-refractivity contribution in [1.82, 2.24) is 5.32 Å². The van der Waals surface area contributed by atoms with E-state index in [-0.39, 0.29) is 11.6 Å². The number of nitrogens with zero attached hydrogens (tertiary/aromatic N) is 1. The lowest BCUT2D eigenvalue weighted by Crippen LogP contribution is -2.49.